The monoisotopic (exact) mass is 227 g/mol. The summed E-state index contributed by atoms with van der Waals surface area (Å²) >= 11 is 0. The molecule has 88 valence electrons. The zero-order chi connectivity index (χ0) is 11.8. The molecule has 2 heteroatoms. The van der Waals surface area contributed by atoms with Crippen LogP contribution in [0.4, 0.5) is 0 Å². The van der Waals surface area contributed by atoms with Crippen molar-refractivity contribution in [3.63, 3.8) is 0 Å². The Labute approximate surface area is 101 Å². The Morgan fingerprint density at radius 3 is 2.88 bits per heavy atom. The van der Waals surface area contributed by atoms with Gasteiger partial charge in [-0.05, 0) is 43.0 Å². The average molecular weight is 227 g/mol. The Balaban J connectivity index is 1.92. The first-order valence-corrected chi connectivity index (χ1v) is 6.28. The van der Waals surface area contributed by atoms with Crippen LogP contribution in [0.25, 0.3) is 10.9 Å². The molecule has 2 aromatic rings. The zero-order valence-electron chi connectivity index (χ0n) is 10.1. The molecule has 1 aliphatic rings. The van der Waals surface area contributed by atoms with E-state index in [1.165, 1.54) is 12.8 Å². The van der Waals surface area contributed by atoms with Gasteiger partial charge in [0.1, 0.15) is 0 Å². The largest absolute Gasteiger partial charge is 0.388 e. The third kappa shape index (κ3) is 2.32. The summed E-state index contributed by atoms with van der Waals surface area (Å²) in [5.74, 6) is 0.747. The SMILES string of the molecule is Cc1ccc2cc(C(O)CC3CC3)ccc2n1. The van der Waals surface area contributed by atoms with Crippen molar-refractivity contribution in [2.75, 3.05) is 0 Å². The highest BCUT2D eigenvalue weighted by molar-refractivity contribution is 5.79. The normalized spacial score (nSPS) is 17.3. The van der Waals surface area contributed by atoms with E-state index in [1.54, 1.807) is 0 Å². The van der Waals surface area contributed by atoms with Gasteiger partial charge in [-0.25, -0.2) is 0 Å². The molecule has 1 saturated carbocycles. The molecule has 1 aromatic heterocycles. The van der Waals surface area contributed by atoms with Crippen LogP contribution >= 0.6 is 0 Å². The molecule has 1 aliphatic carbocycles. The lowest BCUT2D eigenvalue weighted by atomic mass is 10.0. The molecule has 0 saturated heterocycles. The second-order valence-corrected chi connectivity index (χ2v) is 5.10. The van der Waals surface area contributed by atoms with Crippen LogP contribution < -0.4 is 0 Å². The number of benzene rings is 1. The van der Waals surface area contributed by atoms with Crippen LogP contribution in [0.3, 0.4) is 0 Å². The molecule has 0 amide bonds. The number of hydrogen-bond acceptors (Lipinski definition) is 2. The van der Waals surface area contributed by atoms with Crippen molar-refractivity contribution < 1.29 is 5.11 Å². The highest BCUT2D eigenvalue weighted by atomic mass is 16.3. The maximum Gasteiger partial charge on any atom is 0.0792 e. The van der Waals surface area contributed by atoms with Crippen LogP contribution in [-0.2, 0) is 0 Å². The van der Waals surface area contributed by atoms with E-state index in [1.807, 2.05) is 25.1 Å². The number of nitrogens with zero attached hydrogens (tertiary/aromatic N) is 1. The predicted molar refractivity (Wildman–Crippen MR) is 68.8 cm³/mol. The molecule has 1 atom stereocenters. The van der Waals surface area contributed by atoms with Crippen LogP contribution in [-0.4, -0.2) is 10.1 Å². The molecule has 1 fully saturated rings. The molecule has 0 spiro atoms. The molecule has 1 heterocycles. The standard InChI is InChI=1S/C15H17NO/c1-10-2-5-12-9-13(6-7-14(12)16-10)15(17)8-11-3-4-11/h2,5-7,9,11,15,17H,3-4,8H2,1H3. The number of rotatable bonds is 3. The van der Waals surface area contributed by atoms with Gasteiger partial charge < -0.3 is 5.11 Å². The predicted octanol–water partition coefficient (Wildman–Crippen LogP) is 3.38. The maximum atomic E-state index is 10.1. The van der Waals surface area contributed by atoms with Crippen LogP contribution in [0.5, 0.6) is 0 Å². The third-order valence-corrected chi connectivity index (χ3v) is 3.49. The van der Waals surface area contributed by atoms with Crippen molar-refractivity contribution >= 4 is 10.9 Å². The van der Waals surface area contributed by atoms with Gasteiger partial charge in [0.2, 0.25) is 0 Å². The number of hydrogen-bond donors (Lipinski definition) is 1. The molecule has 0 radical (unpaired) electrons. The summed E-state index contributed by atoms with van der Waals surface area (Å²) in [5, 5.41) is 11.2. The average Bonchev–Trinajstić information content (AvgIpc) is 3.12. The lowest BCUT2D eigenvalue weighted by Crippen LogP contribution is -1.98. The van der Waals surface area contributed by atoms with Gasteiger partial charge in [-0.15, -0.1) is 0 Å². The summed E-state index contributed by atoms with van der Waals surface area (Å²) in [7, 11) is 0. The maximum absolute atomic E-state index is 10.1. The second-order valence-electron chi connectivity index (χ2n) is 5.10. The van der Waals surface area contributed by atoms with Gasteiger partial charge in [-0.1, -0.05) is 25.0 Å². The molecule has 3 rings (SSSR count). The Hall–Kier alpha value is -1.41. The van der Waals surface area contributed by atoms with Gasteiger partial charge in [0.15, 0.2) is 0 Å². The number of aryl methyl sites for hydroxylation is 1. The fraction of sp³-hybridized carbons (Fsp3) is 0.400. The first kappa shape index (κ1) is 10.7. The summed E-state index contributed by atoms with van der Waals surface area (Å²) in [5.41, 5.74) is 3.06. The summed E-state index contributed by atoms with van der Waals surface area (Å²) in [6, 6.07) is 10.2. The van der Waals surface area contributed by atoms with Gasteiger partial charge in [0, 0.05) is 11.1 Å². The van der Waals surface area contributed by atoms with E-state index in [0.717, 1.165) is 34.5 Å². The first-order chi connectivity index (χ1) is 8.22. The van der Waals surface area contributed by atoms with Gasteiger partial charge in [0.25, 0.3) is 0 Å². The minimum atomic E-state index is -0.312. The smallest absolute Gasteiger partial charge is 0.0792 e. The molecular weight excluding hydrogens is 210 g/mol. The van der Waals surface area contributed by atoms with E-state index in [9.17, 15) is 5.11 Å². The first-order valence-electron chi connectivity index (χ1n) is 6.28. The molecule has 1 unspecified atom stereocenters. The number of aromatic nitrogens is 1. The highest BCUT2D eigenvalue weighted by Crippen LogP contribution is 2.37. The van der Waals surface area contributed by atoms with Crippen molar-refractivity contribution in [3.05, 3.63) is 41.6 Å². The van der Waals surface area contributed by atoms with Crippen molar-refractivity contribution in [1.29, 1.82) is 0 Å². The minimum absolute atomic E-state index is 0.312. The number of aliphatic hydroxyl groups excluding tert-OH is 1. The quantitative estimate of drug-likeness (QED) is 0.872. The zero-order valence-corrected chi connectivity index (χ0v) is 10.1. The number of fused-ring (bicyclic) bond motifs is 1. The van der Waals surface area contributed by atoms with Crippen molar-refractivity contribution in [3.8, 4) is 0 Å². The molecule has 1 N–H and O–H groups in total. The molecule has 17 heavy (non-hydrogen) atoms. The summed E-state index contributed by atoms with van der Waals surface area (Å²) in [4.78, 5) is 4.47. The fourth-order valence-electron chi connectivity index (χ4n) is 2.26. The second kappa shape index (κ2) is 4.11. The fourth-order valence-corrected chi connectivity index (χ4v) is 2.26. The van der Waals surface area contributed by atoms with Gasteiger partial charge >= 0.3 is 0 Å². The molecular formula is C15H17NO. The minimum Gasteiger partial charge on any atom is -0.388 e. The van der Waals surface area contributed by atoms with Gasteiger partial charge in [0.05, 0.1) is 11.6 Å². The lowest BCUT2D eigenvalue weighted by molar-refractivity contribution is 0.160. The highest BCUT2D eigenvalue weighted by Gasteiger charge is 2.25. The Morgan fingerprint density at radius 2 is 2.12 bits per heavy atom. The van der Waals surface area contributed by atoms with E-state index < -0.39 is 0 Å². The van der Waals surface area contributed by atoms with Gasteiger partial charge in [-0.3, -0.25) is 4.98 Å². The van der Waals surface area contributed by atoms with E-state index >= 15 is 0 Å². The molecule has 0 aliphatic heterocycles. The van der Waals surface area contributed by atoms with E-state index in [4.69, 9.17) is 0 Å². The van der Waals surface area contributed by atoms with Crippen LogP contribution in [0.1, 0.15) is 36.6 Å². The summed E-state index contributed by atoms with van der Waals surface area (Å²) in [6.07, 6.45) is 3.16. The Bertz CT molecular complexity index is 546. The summed E-state index contributed by atoms with van der Waals surface area (Å²) in [6.45, 7) is 2.00. The number of pyridine rings is 1. The Morgan fingerprint density at radius 1 is 1.29 bits per heavy atom. The van der Waals surface area contributed by atoms with Gasteiger partial charge in [-0.2, -0.15) is 0 Å². The van der Waals surface area contributed by atoms with Crippen LogP contribution in [0.15, 0.2) is 30.3 Å². The summed E-state index contributed by atoms with van der Waals surface area (Å²) < 4.78 is 0. The number of aliphatic hydroxyl groups is 1. The van der Waals surface area contributed by atoms with E-state index in [2.05, 4.69) is 17.1 Å². The molecule has 2 nitrogen and oxygen atoms in total. The van der Waals surface area contributed by atoms with Crippen LogP contribution in [0.2, 0.25) is 0 Å². The molecule has 0 bridgehead atoms. The van der Waals surface area contributed by atoms with Crippen molar-refractivity contribution in [2.45, 2.75) is 32.3 Å². The van der Waals surface area contributed by atoms with Crippen molar-refractivity contribution in [2.24, 2.45) is 5.92 Å². The molecule has 1 aromatic carbocycles. The van der Waals surface area contributed by atoms with E-state index in [-0.39, 0.29) is 6.10 Å². The van der Waals surface area contributed by atoms with E-state index in [0.29, 0.717) is 0 Å². The lowest BCUT2D eigenvalue weighted by Gasteiger charge is -2.11. The van der Waals surface area contributed by atoms with Crippen molar-refractivity contribution in [1.82, 2.24) is 4.98 Å². The Kier molecular flexibility index (Phi) is 2.60. The van der Waals surface area contributed by atoms with Crippen LogP contribution in [0, 0.1) is 12.8 Å². The third-order valence-electron chi connectivity index (χ3n) is 3.49. The topological polar surface area (TPSA) is 33.1 Å².